The molecule has 0 bridgehead atoms. The van der Waals surface area contributed by atoms with Crippen molar-refractivity contribution in [2.45, 2.75) is 26.4 Å². The normalized spacial score (nSPS) is 12.1. The molecule has 4 nitrogen and oxygen atoms in total. The van der Waals surface area contributed by atoms with Gasteiger partial charge in [-0.05, 0) is 31.0 Å². The summed E-state index contributed by atoms with van der Waals surface area (Å²) < 4.78 is 40.7. The maximum atomic E-state index is 13.2. The molecule has 0 spiro atoms. The summed E-state index contributed by atoms with van der Waals surface area (Å²) in [7, 11) is 0. The number of halogens is 4. The van der Waals surface area contributed by atoms with Gasteiger partial charge in [-0.1, -0.05) is 24.6 Å². The highest BCUT2D eigenvalue weighted by molar-refractivity contribution is 7.17. The van der Waals surface area contributed by atoms with Gasteiger partial charge in [-0.25, -0.2) is 9.78 Å². The van der Waals surface area contributed by atoms with Crippen LogP contribution < -0.4 is 0 Å². The number of thiazole rings is 1. The monoisotopic (exact) mass is 388 g/mol. The molecule has 0 saturated heterocycles. The van der Waals surface area contributed by atoms with Crippen molar-refractivity contribution in [1.29, 1.82) is 0 Å². The van der Waals surface area contributed by atoms with Crippen molar-refractivity contribution in [2.75, 3.05) is 0 Å². The van der Waals surface area contributed by atoms with E-state index in [1.165, 1.54) is 0 Å². The number of aromatic carboxylic acids is 1. The summed E-state index contributed by atoms with van der Waals surface area (Å²) in [5, 5.41) is 9.91. The quantitative estimate of drug-likeness (QED) is 0.662. The molecular formula is C16H12ClF3N2O2S. The number of alkyl halides is 3. The van der Waals surface area contributed by atoms with E-state index in [0.717, 1.165) is 26.2 Å². The first-order valence-electron chi connectivity index (χ1n) is 7.26. The molecule has 25 heavy (non-hydrogen) atoms. The van der Waals surface area contributed by atoms with Crippen molar-refractivity contribution in [3.05, 3.63) is 45.1 Å². The molecule has 2 aromatic heterocycles. The van der Waals surface area contributed by atoms with Crippen LogP contribution >= 0.6 is 22.9 Å². The Balaban J connectivity index is 2.42. The fourth-order valence-electron chi connectivity index (χ4n) is 2.68. The predicted octanol–water partition coefficient (Wildman–Crippen LogP) is 5.30. The molecule has 2 heterocycles. The van der Waals surface area contributed by atoms with Gasteiger partial charge >= 0.3 is 12.1 Å². The summed E-state index contributed by atoms with van der Waals surface area (Å²) in [5.41, 5.74) is -0.517. The van der Waals surface area contributed by atoms with Crippen LogP contribution in [0.1, 0.15) is 33.5 Å². The summed E-state index contributed by atoms with van der Waals surface area (Å²) in [4.78, 5) is 15.9. The molecule has 9 heteroatoms. The molecule has 0 aliphatic carbocycles. The van der Waals surface area contributed by atoms with Gasteiger partial charge in [-0.2, -0.15) is 13.2 Å². The van der Waals surface area contributed by atoms with Gasteiger partial charge in [0.15, 0.2) is 16.3 Å². The second-order valence-electron chi connectivity index (χ2n) is 5.42. The van der Waals surface area contributed by atoms with Gasteiger partial charge in [0.1, 0.15) is 0 Å². The van der Waals surface area contributed by atoms with Gasteiger partial charge in [-0.3, -0.25) is 4.40 Å². The van der Waals surface area contributed by atoms with Crippen LogP contribution in [0, 0.1) is 6.92 Å². The number of rotatable bonds is 3. The minimum Gasteiger partial charge on any atom is -0.476 e. The third-order valence-corrected chi connectivity index (χ3v) is 5.38. The summed E-state index contributed by atoms with van der Waals surface area (Å²) in [6.45, 7) is 3.62. The SMILES string of the molecule is CCc1sc2nc(C(F)(F)F)c(C(=O)O)n2c1-c1ccc(Cl)c(C)c1. The number of hydrogen-bond donors (Lipinski definition) is 1. The molecule has 0 aliphatic heterocycles. The Kier molecular flexibility index (Phi) is 4.28. The molecule has 0 aliphatic rings. The summed E-state index contributed by atoms with van der Waals surface area (Å²) in [6, 6.07) is 5.02. The van der Waals surface area contributed by atoms with E-state index < -0.39 is 23.5 Å². The zero-order valence-electron chi connectivity index (χ0n) is 13.1. The Labute approximate surface area is 149 Å². The number of carboxylic acid groups (broad SMARTS) is 1. The van der Waals surface area contributed by atoms with Crippen LogP contribution in [0.3, 0.4) is 0 Å². The van der Waals surface area contributed by atoms with Gasteiger partial charge in [-0.15, -0.1) is 11.3 Å². The molecule has 0 radical (unpaired) electrons. The molecule has 0 atom stereocenters. The number of hydrogen-bond acceptors (Lipinski definition) is 3. The zero-order chi connectivity index (χ0) is 18.5. The van der Waals surface area contributed by atoms with E-state index in [-0.39, 0.29) is 4.96 Å². The summed E-state index contributed by atoms with van der Waals surface area (Å²) in [5.74, 6) is -1.67. The number of benzene rings is 1. The number of carboxylic acids is 1. The molecular weight excluding hydrogens is 377 g/mol. The number of aryl methyl sites for hydroxylation is 2. The molecule has 0 unspecified atom stereocenters. The number of carbonyl (C=O) groups is 1. The van der Waals surface area contributed by atoms with Crippen LogP contribution in [0.2, 0.25) is 5.02 Å². The van der Waals surface area contributed by atoms with Crippen molar-refractivity contribution in [1.82, 2.24) is 9.38 Å². The van der Waals surface area contributed by atoms with E-state index in [9.17, 15) is 23.1 Å². The lowest BCUT2D eigenvalue weighted by Crippen LogP contribution is -2.14. The molecule has 3 rings (SSSR count). The highest BCUT2D eigenvalue weighted by Crippen LogP contribution is 2.39. The van der Waals surface area contributed by atoms with Crippen molar-refractivity contribution < 1.29 is 23.1 Å². The van der Waals surface area contributed by atoms with Gasteiger partial charge < -0.3 is 5.11 Å². The third-order valence-electron chi connectivity index (χ3n) is 3.77. The maximum Gasteiger partial charge on any atom is 0.435 e. The lowest BCUT2D eigenvalue weighted by Gasteiger charge is -2.09. The lowest BCUT2D eigenvalue weighted by atomic mass is 10.1. The Bertz CT molecular complexity index is 992. The minimum absolute atomic E-state index is 0.00387. The highest BCUT2D eigenvalue weighted by Gasteiger charge is 2.41. The van der Waals surface area contributed by atoms with Gasteiger partial charge in [0, 0.05) is 15.5 Å². The van der Waals surface area contributed by atoms with Crippen molar-refractivity contribution in [2.24, 2.45) is 0 Å². The third kappa shape index (κ3) is 2.89. The topological polar surface area (TPSA) is 54.6 Å². The Morgan fingerprint density at radius 2 is 2.08 bits per heavy atom. The van der Waals surface area contributed by atoms with Crippen LogP contribution in [0.25, 0.3) is 16.2 Å². The largest absolute Gasteiger partial charge is 0.476 e. The van der Waals surface area contributed by atoms with Crippen LogP contribution in [0.5, 0.6) is 0 Å². The van der Waals surface area contributed by atoms with Crippen LogP contribution in [0.15, 0.2) is 18.2 Å². The molecule has 0 saturated carbocycles. The standard InChI is InChI=1S/C16H12ClF3N2O2S/c1-3-10-11(8-4-5-9(17)7(2)6-8)22-12(14(23)24)13(16(18,19)20)21-15(22)25-10/h4-6H,3H2,1-2H3,(H,23,24). The minimum atomic E-state index is -4.85. The fourth-order valence-corrected chi connectivity index (χ4v) is 3.87. The number of aromatic nitrogens is 2. The molecule has 0 amide bonds. The first-order valence-corrected chi connectivity index (χ1v) is 8.45. The Morgan fingerprint density at radius 1 is 1.40 bits per heavy atom. The van der Waals surface area contributed by atoms with Crippen LogP contribution in [-0.2, 0) is 12.6 Å². The van der Waals surface area contributed by atoms with Crippen LogP contribution in [0.4, 0.5) is 13.2 Å². The van der Waals surface area contributed by atoms with Crippen molar-refractivity contribution >= 4 is 33.9 Å². The average Bonchev–Trinajstić information content (AvgIpc) is 3.04. The lowest BCUT2D eigenvalue weighted by molar-refractivity contribution is -0.141. The molecule has 1 aromatic carbocycles. The van der Waals surface area contributed by atoms with E-state index >= 15 is 0 Å². The van der Waals surface area contributed by atoms with Crippen molar-refractivity contribution in [3.8, 4) is 11.3 Å². The number of imidazole rings is 1. The maximum absolute atomic E-state index is 13.2. The van der Waals surface area contributed by atoms with E-state index in [1.54, 1.807) is 25.1 Å². The molecule has 0 fully saturated rings. The smallest absolute Gasteiger partial charge is 0.435 e. The van der Waals surface area contributed by atoms with Crippen LogP contribution in [-0.4, -0.2) is 20.5 Å². The Hall–Kier alpha value is -2.06. The fraction of sp³-hybridized carbons (Fsp3) is 0.250. The molecule has 132 valence electrons. The van der Waals surface area contributed by atoms with E-state index in [4.69, 9.17) is 11.6 Å². The average molecular weight is 389 g/mol. The van der Waals surface area contributed by atoms with Gasteiger partial charge in [0.25, 0.3) is 0 Å². The highest BCUT2D eigenvalue weighted by atomic mass is 35.5. The second-order valence-corrected chi connectivity index (χ2v) is 6.89. The Morgan fingerprint density at radius 3 is 2.60 bits per heavy atom. The summed E-state index contributed by atoms with van der Waals surface area (Å²) in [6.07, 6.45) is -4.32. The van der Waals surface area contributed by atoms with Gasteiger partial charge in [0.05, 0.1) is 5.69 Å². The van der Waals surface area contributed by atoms with E-state index in [0.29, 0.717) is 22.7 Å². The number of fused-ring (bicyclic) bond motifs is 1. The van der Waals surface area contributed by atoms with E-state index in [2.05, 4.69) is 4.98 Å². The number of nitrogens with zero attached hydrogens (tertiary/aromatic N) is 2. The predicted molar refractivity (Wildman–Crippen MR) is 89.6 cm³/mol. The van der Waals surface area contributed by atoms with E-state index in [1.807, 2.05) is 6.92 Å². The molecule has 3 aromatic rings. The zero-order valence-corrected chi connectivity index (χ0v) is 14.7. The first-order chi connectivity index (χ1) is 11.6. The summed E-state index contributed by atoms with van der Waals surface area (Å²) >= 11 is 7.07. The second kappa shape index (κ2) is 6.03. The molecule has 1 N–H and O–H groups in total. The first kappa shape index (κ1) is 17.8. The van der Waals surface area contributed by atoms with Gasteiger partial charge in [0.2, 0.25) is 0 Å². The van der Waals surface area contributed by atoms with Crippen molar-refractivity contribution in [3.63, 3.8) is 0 Å².